The first-order chi connectivity index (χ1) is 31.1. The summed E-state index contributed by atoms with van der Waals surface area (Å²) in [7, 11) is 0. The molecule has 1 N–H and O–H groups in total. The number of hydrogen-bond acceptors (Lipinski definition) is 3. The number of benzene rings is 9. The second-order valence-electron chi connectivity index (χ2n) is 16.5. The zero-order valence-corrected chi connectivity index (χ0v) is 34.8. The van der Waals surface area contributed by atoms with E-state index in [9.17, 15) is 0 Å². The van der Waals surface area contributed by atoms with Crippen LogP contribution in [0.1, 0.15) is 0 Å². The lowest BCUT2D eigenvalue weighted by Gasteiger charge is -2.10. The quantitative estimate of drug-likeness (QED) is 0.182. The van der Waals surface area contributed by atoms with Gasteiger partial charge in [0, 0.05) is 58.9 Å². The van der Waals surface area contributed by atoms with Crippen LogP contribution < -0.4 is 0 Å². The molecule has 3 nitrogen and oxygen atoms in total. The average molecular weight is 821 g/mol. The third-order valence-corrected chi connectivity index (χ3v) is 13.9. The number of pyridine rings is 1. The van der Waals surface area contributed by atoms with Crippen molar-refractivity contribution < 1.29 is 4.42 Å². The Bertz CT molecular complexity index is 3690. The third-order valence-electron chi connectivity index (χ3n) is 12.7. The molecule has 0 aliphatic carbocycles. The predicted octanol–water partition coefficient (Wildman–Crippen LogP) is 17.0. The molecule has 9 aromatic carbocycles. The highest BCUT2D eigenvalue weighted by atomic mass is 32.1. The van der Waals surface area contributed by atoms with Crippen LogP contribution in [0.15, 0.2) is 217 Å². The van der Waals surface area contributed by atoms with Crippen molar-refractivity contribution in [2.24, 2.45) is 0 Å². The molecule has 0 bridgehead atoms. The van der Waals surface area contributed by atoms with Gasteiger partial charge in [0.1, 0.15) is 5.58 Å². The number of fused-ring (bicyclic) bond motifs is 9. The molecule has 0 unspecified atom stereocenters. The Morgan fingerprint density at radius 1 is 0.317 bits per heavy atom. The fraction of sp³-hybridized carbons (Fsp3) is 0. The molecule has 0 atom stereocenters. The van der Waals surface area contributed by atoms with E-state index < -0.39 is 0 Å². The van der Waals surface area contributed by atoms with E-state index in [0.717, 1.165) is 33.0 Å². The summed E-state index contributed by atoms with van der Waals surface area (Å²) in [6, 6.07) is 73.3. The SMILES string of the molecule is c1cc(-c2cccc(-c3ccc4sc5ccc(-c6cccc(-c7cccc(-c8ccc9oc%10cnccc%10c9c8)c7)c6)cc5c4c3)c2)cc(-c2ccc3[nH]c4ccccc4c3c2)c1. The smallest absolute Gasteiger partial charge is 0.153 e. The van der Waals surface area contributed by atoms with E-state index in [4.69, 9.17) is 4.42 Å². The molecule has 0 aliphatic heterocycles. The van der Waals surface area contributed by atoms with Gasteiger partial charge >= 0.3 is 0 Å². The lowest BCUT2D eigenvalue weighted by molar-refractivity contribution is 0.667. The number of nitrogens with zero attached hydrogens (tertiary/aromatic N) is 1. The number of hydrogen-bond donors (Lipinski definition) is 1. The van der Waals surface area contributed by atoms with Crippen molar-refractivity contribution in [2.45, 2.75) is 0 Å². The molecule has 13 rings (SSSR count). The van der Waals surface area contributed by atoms with Crippen LogP contribution in [-0.4, -0.2) is 9.97 Å². The largest absolute Gasteiger partial charge is 0.454 e. The van der Waals surface area contributed by atoms with E-state index in [1.54, 1.807) is 6.20 Å². The van der Waals surface area contributed by atoms with Gasteiger partial charge in [-0.2, -0.15) is 0 Å². The Morgan fingerprint density at radius 2 is 0.762 bits per heavy atom. The number of H-pyrrole nitrogens is 1. The van der Waals surface area contributed by atoms with Crippen LogP contribution in [0.25, 0.3) is 131 Å². The maximum Gasteiger partial charge on any atom is 0.153 e. The minimum Gasteiger partial charge on any atom is -0.454 e. The maximum atomic E-state index is 6.05. The van der Waals surface area contributed by atoms with Crippen molar-refractivity contribution in [3.8, 4) is 66.8 Å². The number of rotatable bonds is 6. The molecule has 4 heterocycles. The van der Waals surface area contributed by atoms with Crippen LogP contribution in [0.4, 0.5) is 0 Å². The van der Waals surface area contributed by atoms with Gasteiger partial charge in [0.15, 0.2) is 5.58 Å². The molecule has 0 aliphatic rings. The fourth-order valence-electron chi connectivity index (χ4n) is 9.49. The van der Waals surface area contributed by atoms with Gasteiger partial charge < -0.3 is 9.40 Å². The number of furan rings is 1. The first-order valence-electron chi connectivity index (χ1n) is 21.3. The second-order valence-corrected chi connectivity index (χ2v) is 17.5. The van der Waals surface area contributed by atoms with Crippen LogP contribution in [0.5, 0.6) is 0 Å². The molecular weight excluding hydrogens is 785 g/mol. The van der Waals surface area contributed by atoms with E-state index in [2.05, 4.69) is 204 Å². The van der Waals surface area contributed by atoms with Gasteiger partial charge in [-0.15, -0.1) is 11.3 Å². The van der Waals surface area contributed by atoms with Gasteiger partial charge in [-0.05, 0) is 152 Å². The van der Waals surface area contributed by atoms with Crippen molar-refractivity contribution in [3.05, 3.63) is 213 Å². The third kappa shape index (κ3) is 6.14. The van der Waals surface area contributed by atoms with Gasteiger partial charge in [0.2, 0.25) is 0 Å². The van der Waals surface area contributed by atoms with Crippen molar-refractivity contribution >= 4 is 75.3 Å². The van der Waals surface area contributed by atoms with Crippen molar-refractivity contribution in [3.63, 3.8) is 0 Å². The van der Waals surface area contributed by atoms with Crippen molar-refractivity contribution in [1.82, 2.24) is 9.97 Å². The summed E-state index contributed by atoms with van der Waals surface area (Å²) in [6.07, 6.45) is 3.61. The van der Waals surface area contributed by atoms with E-state index >= 15 is 0 Å². The zero-order valence-electron chi connectivity index (χ0n) is 34.0. The lowest BCUT2D eigenvalue weighted by atomic mass is 9.94. The minimum atomic E-state index is 0.809. The molecular formula is C59H36N2OS. The molecule has 0 saturated heterocycles. The fourth-order valence-corrected chi connectivity index (χ4v) is 10.6. The Morgan fingerprint density at radius 3 is 1.32 bits per heavy atom. The zero-order chi connectivity index (χ0) is 41.4. The highest BCUT2D eigenvalue weighted by molar-refractivity contribution is 7.25. The summed E-state index contributed by atoms with van der Waals surface area (Å²) in [5.74, 6) is 0. The monoisotopic (exact) mass is 820 g/mol. The summed E-state index contributed by atoms with van der Waals surface area (Å²) in [5.41, 5.74) is 18.4. The minimum absolute atomic E-state index is 0.809. The second kappa shape index (κ2) is 14.3. The predicted molar refractivity (Wildman–Crippen MR) is 266 cm³/mol. The average Bonchev–Trinajstić information content (AvgIpc) is 4.04. The van der Waals surface area contributed by atoms with E-state index in [0.29, 0.717) is 0 Å². The molecule has 4 aromatic heterocycles. The van der Waals surface area contributed by atoms with E-state index in [1.165, 1.54) is 97.7 Å². The van der Waals surface area contributed by atoms with Crippen LogP contribution in [0.3, 0.4) is 0 Å². The Kier molecular flexibility index (Phi) is 8.08. The van der Waals surface area contributed by atoms with E-state index in [1.807, 2.05) is 23.6 Å². The number of aromatic nitrogens is 2. The number of aromatic amines is 1. The standard InChI is InChI=1S/C59H36N2OS/c1-2-16-54-48(15-1)50-31-44(17-21-55(50)61-54)40-11-3-7-36(27-40)38-9-5-13-42(29-38)46-19-23-58-52(33-46)53-34-47(20-24-59(53)63-58)43-14-6-10-39(30-43)37-8-4-12-41(28-37)45-18-22-56-51(32-45)49-25-26-60-35-57(49)62-56/h1-35,61H. The number of thiophene rings is 1. The molecule has 63 heavy (non-hydrogen) atoms. The molecule has 0 saturated carbocycles. The van der Waals surface area contributed by atoms with Crippen molar-refractivity contribution in [1.29, 1.82) is 0 Å². The Hall–Kier alpha value is -8.05. The molecule has 0 amide bonds. The highest BCUT2D eigenvalue weighted by Crippen LogP contribution is 2.41. The maximum absolute atomic E-state index is 6.05. The molecule has 13 aromatic rings. The topological polar surface area (TPSA) is 41.8 Å². The summed E-state index contributed by atoms with van der Waals surface area (Å²) in [5, 5.41) is 7.27. The first-order valence-corrected chi connectivity index (χ1v) is 22.1. The Balaban J connectivity index is 0.813. The van der Waals surface area contributed by atoms with Crippen LogP contribution in [-0.2, 0) is 0 Å². The number of nitrogens with one attached hydrogen (secondary N) is 1. The molecule has 0 radical (unpaired) electrons. The lowest BCUT2D eigenvalue weighted by Crippen LogP contribution is -1.84. The summed E-state index contributed by atoms with van der Waals surface area (Å²) >= 11 is 1.86. The molecule has 294 valence electrons. The van der Waals surface area contributed by atoms with Gasteiger partial charge in [0.25, 0.3) is 0 Å². The van der Waals surface area contributed by atoms with Gasteiger partial charge in [0.05, 0.1) is 6.20 Å². The molecule has 0 spiro atoms. The summed E-state index contributed by atoms with van der Waals surface area (Å²) in [4.78, 5) is 7.80. The van der Waals surface area contributed by atoms with Crippen LogP contribution in [0, 0.1) is 0 Å². The van der Waals surface area contributed by atoms with E-state index in [-0.39, 0.29) is 0 Å². The first kappa shape index (κ1) is 35.7. The Labute approximate surface area is 367 Å². The van der Waals surface area contributed by atoms with Gasteiger partial charge in [-0.25, -0.2) is 0 Å². The highest BCUT2D eigenvalue weighted by Gasteiger charge is 2.13. The molecule has 0 fully saturated rings. The normalized spacial score (nSPS) is 11.8. The number of para-hydroxylation sites is 1. The van der Waals surface area contributed by atoms with Crippen LogP contribution in [0.2, 0.25) is 0 Å². The van der Waals surface area contributed by atoms with Crippen LogP contribution >= 0.6 is 11.3 Å². The molecule has 4 heteroatoms. The van der Waals surface area contributed by atoms with Crippen molar-refractivity contribution in [2.75, 3.05) is 0 Å². The summed E-state index contributed by atoms with van der Waals surface area (Å²) < 4.78 is 8.64. The van der Waals surface area contributed by atoms with Gasteiger partial charge in [-0.1, -0.05) is 115 Å². The van der Waals surface area contributed by atoms with Gasteiger partial charge in [-0.3, -0.25) is 4.98 Å². The summed E-state index contributed by atoms with van der Waals surface area (Å²) in [6.45, 7) is 0.